The number of nitrogens with zero attached hydrogens (tertiary/aromatic N) is 1. The second-order valence-electron chi connectivity index (χ2n) is 14.5. The summed E-state index contributed by atoms with van der Waals surface area (Å²) in [5.41, 5.74) is 2.46. The van der Waals surface area contributed by atoms with Crippen molar-refractivity contribution >= 4 is 16.5 Å². The van der Waals surface area contributed by atoms with Crippen LogP contribution in [0.15, 0.2) is 36.2 Å². The van der Waals surface area contributed by atoms with Crippen molar-refractivity contribution < 1.29 is 0 Å². The van der Waals surface area contributed by atoms with Crippen molar-refractivity contribution in [2.75, 3.05) is 19.3 Å². The zero-order valence-electron chi connectivity index (χ0n) is 25.6. The average molecular weight is 531 g/mol. The number of pyridine rings is 1. The van der Waals surface area contributed by atoms with Gasteiger partial charge in [-0.25, -0.2) is 0 Å². The number of rotatable bonds is 11. The van der Waals surface area contributed by atoms with Gasteiger partial charge in [-0.15, -0.1) is 0 Å². The molecule has 1 aromatic heterocycles. The predicted molar refractivity (Wildman–Crippen MR) is 164 cm³/mol. The third-order valence-corrected chi connectivity index (χ3v) is 19.4. The molecule has 0 amide bonds. The van der Waals surface area contributed by atoms with E-state index in [1.54, 1.807) is 0 Å². The molecule has 1 saturated carbocycles. The summed E-state index contributed by atoms with van der Waals surface area (Å²) in [5, 5.41) is 4.39. The van der Waals surface area contributed by atoms with E-state index >= 15 is 0 Å². The lowest BCUT2D eigenvalue weighted by Gasteiger charge is -2.45. The Morgan fingerprint density at radius 2 is 1.53 bits per heavy atom. The average Bonchev–Trinajstić information content (AvgIpc) is 2.80. The monoisotopic (exact) mass is 530 g/mol. The van der Waals surface area contributed by atoms with Crippen molar-refractivity contribution in [1.82, 2.24) is 20.3 Å². The van der Waals surface area contributed by atoms with Gasteiger partial charge in [0.1, 0.15) is 16.5 Å². The van der Waals surface area contributed by atoms with Gasteiger partial charge in [0.2, 0.25) is 0 Å². The first-order valence-electron chi connectivity index (χ1n) is 14.3. The molecule has 1 aliphatic rings. The largest absolute Gasteiger partial charge is 0.390 e. The molecule has 0 bridgehead atoms. The van der Waals surface area contributed by atoms with E-state index in [4.69, 9.17) is 4.98 Å². The van der Waals surface area contributed by atoms with Crippen LogP contribution in [0.4, 0.5) is 0 Å². The lowest BCUT2D eigenvalue weighted by Crippen LogP contribution is -2.65. The number of hydrogen-bond acceptors (Lipinski definition) is 4. The molecule has 1 fully saturated rings. The normalized spacial score (nSPS) is 20.0. The first-order valence-corrected chi connectivity index (χ1v) is 20.0. The van der Waals surface area contributed by atoms with Gasteiger partial charge in [-0.1, -0.05) is 99.5 Å². The van der Waals surface area contributed by atoms with Crippen LogP contribution in [0.2, 0.25) is 29.7 Å². The van der Waals surface area contributed by atoms with Gasteiger partial charge in [0.05, 0.1) is 0 Å². The van der Waals surface area contributed by atoms with E-state index in [1.807, 2.05) is 12.3 Å². The van der Waals surface area contributed by atoms with Gasteiger partial charge in [-0.05, 0) is 47.9 Å². The molecule has 0 aromatic carbocycles. The Morgan fingerprint density at radius 3 is 2.06 bits per heavy atom. The van der Waals surface area contributed by atoms with Gasteiger partial charge in [-0.2, -0.15) is 0 Å². The van der Waals surface area contributed by atoms with Gasteiger partial charge in [-0.3, -0.25) is 4.98 Å². The number of aromatic nitrogens is 1. The van der Waals surface area contributed by atoms with Crippen molar-refractivity contribution in [2.24, 2.45) is 5.92 Å². The van der Waals surface area contributed by atoms with Crippen LogP contribution in [-0.4, -0.2) is 40.7 Å². The molecular weight excluding hydrogens is 473 g/mol. The molecule has 1 heterocycles. The minimum absolute atomic E-state index is 0.0801. The molecule has 2 atom stereocenters. The molecular formula is C30H58N4Si2. The fourth-order valence-electron chi connectivity index (χ4n) is 4.66. The summed E-state index contributed by atoms with van der Waals surface area (Å²) in [5.74, 6) is 0.760. The maximum atomic E-state index is 4.84. The number of hydrogen-bond donors (Lipinski definition) is 3. The van der Waals surface area contributed by atoms with E-state index in [2.05, 4.69) is 109 Å². The van der Waals surface area contributed by atoms with E-state index in [0.29, 0.717) is 5.04 Å². The third-order valence-electron chi connectivity index (χ3n) is 9.46. The Kier molecular flexibility index (Phi) is 10.7. The second-order valence-corrected chi connectivity index (χ2v) is 24.5. The van der Waals surface area contributed by atoms with Gasteiger partial charge in [0.25, 0.3) is 0 Å². The molecule has 0 radical (unpaired) electrons. The topological polar surface area (TPSA) is 49.0 Å². The molecule has 0 saturated heterocycles. The fraction of sp³-hybridized carbons (Fsp3) is 0.767. The zero-order valence-corrected chi connectivity index (χ0v) is 27.6. The molecule has 6 heteroatoms. The van der Waals surface area contributed by atoms with Crippen molar-refractivity contribution in [1.29, 1.82) is 0 Å². The van der Waals surface area contributed by atoms with Crippen LogP contribution >= 0.6 is 0 Å². The first-order chi connectivity index (χ1) is 16.5. The SMILES string of the molecule is C/C(=C\C1CCCCC1)NC[Si](C)(NCC(C)(CN[Si](C)(C)C(C)(C)C)c1ccccn1)C(C)(C)C. The minimum Gasteiger partial charge on any atom is -0.390 e. The Morgan fingerprint density at radius 1 is 0.917 bits per heavy atom. The van der Waals surface area contributed by atoms with E-state index in [9.17, 15) is 0 Å². The van der Waals surface area contributed by atoms with E-state index in [0.717, 1.165) is 25.2 Å². The van der Waals surface area contributed by atoms with E-state index < -0.39 is 16.5 Å². The quantitative estimate of drug-likeness (QED) is 0.259. The summed E-state index contributed by atoms with van der Waals surface area (Å²) < 4.78 is 0. The number of allylic oxidation sites excluding steroid dienone is 2. The first kappa shape index (κ1) is 31.3. The number of nitrogens with one attached hydrogen (secondary N) is 3. The lowest BCUT2D eigenvalue weighted by atomic mass is 9.86. The highest BCUT2D eigenvalue weighted by Crippen LogP contribution is 2.36. The Balaban J connectivity index is 2.20. The van der Waals surface area contributed by atoms with E-state index in [-0.39, 0.29) is 10.5 Å². The van der Waals surface area contributed by atoms with Crippen molar-refractivity contribution in [3.8, 4) is 0 Å². The molecule has 1 aliphatic carbocycles. The maximum Gasteiger partial charge on any atom is 0.147 e. The summed E-state index contributed by atoms with van der Waals surface area (Å²) in [4.78, 5) is 13.1. The summed E-state index contributed by atoms with van der Waals surface area (Å²) in [6.07, 6.45) is 12.4. The maximum absolute atomic E-state index is 4.84. The molecule has 4 nitrogen and oxygen atoms in total. The van der Waals surface area contributed by atoms with Gasteiger partial charge in [0, 0.05) is 42.3 Å². The fourth-order valence-corrected chi connectivity index (χ4v) is 8.62. The highest BCUT2D eigenvalue weighted by atomic mass is 28.3. The van der Waals surface area contributed by atoms with Crippen LogP contribution in [0.1, 0.15) is 93.2 Å². The van der Waals surface area contributed by atoms with E-state index in [1.165, 1.54) is 43.5 Å². The van der Waals surface area contributed by atoms with Crippen molar-refractivity contribution in [3.63, 3.8) is 0 Å². The lowest BCUT2D eigenvalue weighted by molar-refractivity contribution is 0.416. The van der Waals surface area contributed by atoms with Crippen LogP contribution in [0.3, 0.4) is 0 Å². The minimum atomic E-state index is -1.88. The molecule has 206 valence electrons. The second kappa shape index (κ2) is 12.3. The Labute approximate surface area is 226 Å². The highest BCUT2D eigenvalue weighted by Gasteiger charge is 2.43. The molecule has 2 unspecified atom stereocenters. The Bertz CT molecular complexity index is 835. The summed E-state index contributed by atoms with van der Waals surface area (Å²) in [7, 11) is -3.50. The third kappa shape index (κ3) is 8.54. The van der Waals surface area contributed by atoms with Crippen LogP contribution in [0.5, 0.6) is 0 Å². The molecule has 2 rings (SSSR count). The molecule has 3 N–H and O–H groups in total. The standard InChI is InChI=1S/C30H58N4Si2/c1-25(21-26-17-13-12-14-18-26)32-24-36(11,29(5,6)7)34-23-30(8,27-19-15-16-20-31-27)22-33-35(9,10)28(2,3)4/h15-16,19-21,26,32-34H,12-14,17-18,22-24H2,1-11H3/b25-21+. The van der Waals surface area contributed by atoms with Gasteiger partial charge >= 0.3 is 0 Å². The summed E-state index contributed by atoms with van der Waals surface area (Å²) in [6.45, 7) is 28.3. The predicted octanol–water partition coefficient (Wildman–Crippen LogP) is 7.51. The Hall–Kier alpha value is -0.956. The van der Waals surface area contributed by atoms with Crippen molar-refractivity contribution in [3.05, 3.63) is 41.9 Å². The highest BCUT2D eigenvalue weighted by molar-refractivity contribution is 6.79. The van der Waals surface area contributed by atoms with Gasteiger partial charge in [0.15, 0.2) is 0 Å². The van der Waals surface area contributed by atoms with Crippen LogP contribution in [0.25, 0.3) is 0 Å². The summed E-state index contributed by atoms with van der Waals surface area (Å²) >= 11 is 0. The molecule has 0 aliphatic heterocycles. The molecule has 0 spiro atoms. The smallest absolute Gasteiger partial charge is 0.147 e. The van der Waals surface area contributed by atoms with Crippen molar-refractivity contribution in [2.45, 2.75) is 123 Å². The van der Waals surface area contributed by atoms with Gasteiger partial charge < -0.3 is 15.3 Å². The zero-order chi connectivity index (χ0) is 27.3. The summed E-state index contributed by atoms with van der Waals surface area (Å²) in [6, 6.07) is 6.37. The van der Waals surface area contributed by atoms with Crippen LogP contribution < -0.4 is 15.3 Å². The van der Waals surface area contributed by atoms with Crippen LogP contribution in [0, 0.1) is 5.92 Å². The molecule has 1 aromatic rings. The molecule has 36 heavy (non-hydrogen) atoms. The van der Waals surface area contributed by atoms with Crippen LogP contribution in [-0.2, 0) is 5.41 Å².